The van der Waals surface area contributed by atoms with Gasteiger partial charge in [0, 0.05) is 31.3 Å². The standard InChI is InChI=1S/C20H24ClN3O3/c1-4-24(5-2)20(26)14-8-6-13(7-9-14)12-23-19(25)15-10-16(21)17(22)11-18(15)27-3/h6-11H,4-5,12,22H2,1-3H3,(H,23,25). The molecular formula is C20H24ClN3O3. The quantitative estimate of drug-likeness (QED) is 0.711. The number of anilines is 1. The van der Waals surface area contributed by atoms with Gasteiger partial charge in [0.15, 0.2) is 0 Å². The predicted molar refractivity (Wildman–Crippen MR) is 107 cm³/mol. The molecule has 0 aliphatic heterocycles. The molecule has 2 amide bonds. The highest BCUT2D eigenvalue weighted by atomic mass is 35.5. The van der Waals surface area contributed by atoms with E-state index in [1.807, 2.05) is 26.0 Å². The second-order valence-electron chi connectivity index (χ2n) is 5.93. The van der Waals surface area contributed by atoms with Crippen molar-refractivity contribution in [1.82, 2.24) is 10.2 Å². The number of ether oxygens (including phenoxy) is 1. The van der Waals surface area contributed by atoms with Gasteiger partial charge < -0.3 is 20.7 Å². The zero-order chi connectivity index (χ0) is 20.0. The lowest BCUT2D eigenvalue weighted by molar-refractivity contribution is 0.0772. The highest BCUT2D eigenvalue weighted by Gasteiger charge is 2.15. The average molecular weight is 390 g/mol. The van der Waals surface area contributed by atoms with Crippen LogP contribution in [-0.4, -0.2) is 36.9 Å². The van der Waals surface area contributed by atoms with Crippen molar-refractivity contribution < 1.29 is 14.3 Å². The number of hydrogen-bond acceptors (Lipinski definition) is 4. The summed E-state index contributed by atoms with van der Waals surface area (Å²) in [6, 6.07) is 10.2. The molecule has 2 aromatic carbocycles. The molecule has 0 aromatic heterocycles. The maximum atomic E-state index is 12.5. The molecule has 3 N–H and O–H groups in total. The number of carbonyl (C=O) groups is 2. The lowest BCUT2D eigenvalue weighted by Gasteiger charge is -2.18. The molecule has 0 saturated carbocycles. The zero-order valence-corrected chi connectivity index (χ0v) is 16.5. The van der Waals surface area contributed by atoms with Gasteiger partial charge in [0.1, 0.15) is 5.75 Å². The number of methoxy groups -OCH3 is 1. The van der Waals surface area contributed by atoms with Gasteiger partial charge in [-0.2, -0.15) is 0 Å². The summed E-state index contributed by atoms with van der Waals surface area (Å²) in [6.07, 6.45) is 0. The van der Waals surface area contributed by atoms with Gasteiger partial charge in [0.2, 0.25) is 0 Å². The highest BCUT2D eigenvalue weighted by molar-refractivity contribution is 6.33. The molecule has 2 aromatic rings. The van der Waals surface area contributed by atoms with Crippen LogP contribution in [0.25, 0.3) is 0 Å². The van der Waals surface area contributed by atoms with Crippen molar-refractivity contribution in [3.8, 4) is 5.75 Å². The number of halogens is 1. The molecular weight excluding hydrogens is 366 g/mol. The number of rotatable bonds is 7. The van der Waals surface area contributed by atoms with Crippen molar-refractivity contribution in [1.29, 1.82) is 0 Å². The van der Waals surface area contributed by atoms with Crippen LogP contribution in [0.15, 0.2) is 36.4 Å². The molecule has 0 aliphatic carbocycles. The fourth-order valence-corrected chi connectivity index (χ4v) is 2.82. The second-order valence-corrected chi connectivity index (χ2v) is 6.34. The Labute approximate surface area is 164 Å². The summed E-state index contributed by atoms with van der Waals surface area (Å²) in [4.78, 5) is 26.5. The third-order valence-corrected chi connectivity index (χ3v) is 4.60. The van der Waals surface area contributed by atoms with E-state index in [0.29, 0.717) is 47.2 Å². The number of benzene rings is 2. The van der Waals surface area contributed by atoms with E-state index in [4.69, 9.17) is 22.1 Å². The smallest absolute Gasteiger partial charge is 0.255 e. The van der Waals surface area contributed by atoms with Crippen LogP contribution in [0.3, 0.4) is 0 Å². The van der Waals surface area contributed by atoms with Crippen LogP contribution >= 0.6 is 11.6 Å². The van der Waals surface area contributed by atoms with Crippen molar-refractivity contribution in [2.45, 2.75) is 20.4 Å². The van der Waals surface area contributed by atoms with E-state index in [2.05, 4.69) is 5.32 Å². The number of hydrogen-bond donors (Lipinski definition) is 2. The average Bonchev–Trinajstić information content (AvgIpc) is 2.69. The summed E-state index contributed by atoms with van der Waals surface area (Å²) in [5.41, 5.74) is 7.89. The Hall–Kier alpha value is -2.73. The van der Waals surface area contributed by atoms with Gasteiger partial charge in [-0.25, -0.2) is 0 Å². The molecule has 2 rings (SSSR count). The zero-order valence-electron chi connectivity index (χ0n) is 15.7. The van der Waals surface area contributed by atoms with Gasteiger partial charge in [0.05, 0.1) is 23.4 Å². The van der Waals surface area contributed by atoms with E-state index in [-0.39, 0.29) is 11.8 Å². The molecule has 0 radical (unpaired) electrons. The van der Waals surface area contributed by atoms with Gasteiger partial charge in [-0.3, -0.25) is 9.59 Å². The van der Waals surface area contributed by atoms with Crippen LogP contribution in [0.5, 0.6) is 5.75 Å². The van der Waals surface area contributed by atoms with E-state index >= 15 is 0 Å². The van der Waals surface area contributed by atoms with Crippen LogP contribution in [0, 0.1) is 0 Å². The molecule has 144 valence electrons. The van der Waals surface area contributed by atoms with E-state index < -0.39 is 0 Å². The molecule has 0 unspecified atom stereocenters. The fourth-order valence-electron chi connectivity index (χ4n) is 2.65. The Bertz CT molecular complexity index is 818. The van der Waals surface area contributed by atoms with Crippen molar-refractivity contribution in [3.63, 3.8) is 0 Å². The lowest BCUT2D eigenvalue weighted by Crippen LogP contribution is -2.30. The summed E-state index contributed by atoms with van der Waals surface area (Å²) >= 11 is 6.00. The second kappa shape index (κ2) is 9.28. The topological polar surface area (TPSA) is 84.7 Å². The first-order chi connectivity index (χ1) is 12.9. The number of amides is 2. The maximum absolute atomic E-state index is 12.5. The van der Waals surface area contributed by atoms with Crippen molar-refractivity contribution in [2.24, 2.45) is 0 Å². The number of nitrogens with one attached hydrogen (secondary N) is 1. The van der Waals surface area contributed by atoms with Crippen molar-refractivity contribution in [2.75, 3.05) is 25.9 Å². The van der Waals surface area contributed by atoms with Gasteiger partial charge >= 0.3 is 0 Å². The number of nitrogens with two attached hydrogens (primary N) is 1. The molecule has 0 spiro atoms. The molecule has 0 bridgehead atoms. The Kier molecular flexibility index (Phi) is 7.07. The van der Waals surface area contributed by atoms with E-state index in [0.717, 1.165) is 5.56 Å². The van der Waals surface area contributed by atoms with Gasteiger partial charge in [0.25, 0.3) is 11.8 Å². The van der Waals surface area contributed by atoms with Crippen LogP contribution in [0.1, 0.15) is 40.1 Å². The minimum Gasteiger partial charge on any atom is -0.496 e. The first kappa shape index (κ1) is 20.6. The fraction of sp³-hybridized carbons (Fsp3) is 0.300. The summed E-state index contributed by atoms with van der Waals surface area (Å²) < 4.78 is 5.20. The largest absolute Gasteiger partial charge is 0.496 e. The molecule has 0 saturated heterocycles. The highest BCUT2D eigenvalue weighted by Crippen LogP contribution is 2.28. The van der Waals surface area contributed by atoms with Crippen LogP contribution < -0.4 is 15.8 Å². The van der Waals surface area contributed by atoms with E-state index in [1.54, 1.807) is 17.0 Å². The van der Waals surface area contributed by atoms with Gasteiger partial charge in [-0.1, -0.05) is 23.7 Å². The first-order valence-corrected chi connectivity index (χ1v) is 9.08. The van der Waals surface area contributed by atoms with Gasteiger partial charge in [-0.05, 0) is 37.6 Å². The minimum atomic E-state index is -0.322. The first-order valence-electron chi connectivity index (χ1n) is 8.70. The molecule has 0 aliphatic rings. The number of carbonyl (C=O) groups excluding carboxylic acids is 2. The molecule has 0 heterocycles. The minimum absolute atomic E-state index is 0.00293. The third kappa shape index (κ3) is 4.92. The van der Waals surface area contributed by atoms with E-state index in [9.17, 15) is 9.59 Å². The van der Waals surface area contributed by atoms with Crippen LogP contribution in [-0.2, 0) is 6.54 Å². The lowest BCUT2D eigenvalue weighted by atomic mass is 10.1. The van der Waals surface area contributed by atoms with Crippen molar-refractivity contribution >= 4 is 29.1 Å². The predicted octanol–water partition coefficient (Wildman–Crippen LogP) is 3.34. The summed E-state index contributed by atoms with van der Waals surface area (Å²) in [5.74, 6) is 0.0310. The maximum Gasteiger partial charge on any atom is 0.255 e. The normalized spacial score (nSPS) is 10.4. The molecule has 0 fully saturated rings. The summed E-state index contributed by atoms with van der Waals surface area (Å²) in [7, 11) is 1.46. The Balaban J connectivity index is 2.06. The van der Waals surface area contributed by atoms with E-state index in [1.165, 1.54) is 19.2 Å². The monoisotopic (exact) mass is 389 g/mol. The Morgan fingerprint density at radius 3 is 2.33 bits per heavy atom. The number of nitrogens with zero attached hydrogens (tertiary/aromatic N) is 1. The SMILES string of the molecule is CCN(CC)C(=O)c1ccc(CNC(=O)c2cc(Cl)c(N)cc2OC)cc1. The molecule has 6 nitrogen and oxygen atoms in total. The Morgan fingerprint density at radius 1 is 1.15 bits per heavy atom. The van der Waals surface area contributed by atoms with Crippen LogP contribution in [0.4, 0.5) is 5.69 Å². The molecule has 0 atom stereocenters. The molecule has 7 heteroatoms. The Morgan fingerprint density at radius 2 is 1.78 bits per heavy atom. The van der Waals surface area contributed by atoms with Crippen molar-refractivity contribution in [3.05, 3.63) is 58.1 Å². The number of nitrogen functional groups attached to an aromatic ring is 1. The summed E-state index contributed by atoms with van der Waals surface area (Å²) in [5, 5.41) is 3.11. The van der Waals surface area contributed by atoms with Gasteiger partial charge in [-0.15, -0.1) is 0 Å². The summed E-state index contributed by atoms with van der Waals surface area (Å²) in [6.45, 7) is 5.54. The third-order valence-electron chi connectivity index (χ3n) is 4.27. The molecule has 27 heavy (non-hydrogen) atoms. The van der Waals surface area contributed by atoms with Crippen LogP contribution in [0.2, 0.25) is 5.02 Å².